The lowest BCUT2D eigenvalue weighted by Crippen LogP contribution is -2.53. The zero-order valence-corrected chi connectivity index (χ0v) is 23.8. The Morgan fingerprint density at radius 2 is 1.57 bits per heavy atom. The summed E-state index contributed by atoms with van der Waals surface area (Å²) in [5.41, 5.74) is -0.463. The molecule has 3 aromatic rings. The minimum absolute atomic E-state index is 0.0781. The van der Waals surface area contributed by atoms with Gasteiger partial charge < -0.3 is 10.2 Å². The van der Waals surface area contributed by atoms with Gasteiger partial charge in [-0.2, -0.15) is 13.2 Å². The molecule has 0 aliphatic heterocycles. The Labute approximate surface area is 240 Å². The van der Waals surface area contributed by atoms with Gasteiger partial charge in [-0.05, 0) is 35.4 Å². The summed E-state index contributed by atoms with van der Waals surface area (Å²) in [6, 6.07) is 16.9. The van der Waals surface area contributed by atoms with E-state index in [0.717, 1.165) is 24.0 Å². The van der Waals surface area contributed by atoms with Crippen molar-refractivity contribution in [3.8, 4) is 0 Å². The molecule has 40 heavy (non-hydrogen) atoms. The van der Waals surface area contributed by atoms with Gasteiger partial charge in [-0.1, -0.05) is 71.7 Å². The van der Waals surface area contributed by atoms with Crippen molar-refractivity contribution in [2.75, 3.05) is 24.2 Å². The molecule has 0 aliphatic carbocycles. The number of sulfonamides is 1. The molecule has 0 fully saturated rings. The molecule has 7 nitrogen and oxygen atoms in total. The summed E-state index contributed by atoms with van der Waals surface area (Å²) in [5.74, 6) is -1.36. The third-order valence-corrected chi connectivity index (χ3v) is 7.88. The fourth-order valence-electron chi connectivity index (χ4n) is 4.03. The number of carbonyl (C=O) groups is 2. The largest absolute Gasteiger partial charge is 0.417 e. The molecule has 3 aromatic carbocycles. The van der Waals surface area contributed by atoms with E-state index in [1.807, 2.05) is 0 Å². The molecule has 0 bridgehead atoms. The van der Waals surface area contributed by atoms with Crippen molar-refractivity contribution in [1.29, 1.82) is 0 Å². The molecule has 0 saturated heterocycles. The minimum atomic E-state index is -4.86. The smallest absolute Gasteiger partial charge is 0.357 e. The number of amides is 2. The quantitative estimate of drug-likeness (QED) is 0.341. The molecule has 2 amide bonds. The topological polar surface area (TPSA) is 86.8 Å². The van der Waals surface area contributed by atoms with E-state index in [4.69, 9.17) is 23.2 Å². The first-order valence-electron chi connectivity index (χ1n) is 11.8. The number of nitrogens with zero attached hydrogens (tertiary/aromatic N) is 2. The molecule has 0 saturated carbocycles. The van der Waals surface area contributed by atoms with Crippen molar-refractivity contribution in [3.05, 3.63) is 99.5 Å². The van der Waals surface area contributed by atoms with Crippen LogP contribution in [-0.2, 0) is 38.8 Å². The Bertz CT molecular complexity index is 1470. The van der Waals surface area contributed by atoms with Crippen molar-refractivity contribution in [2.24, 2.45) is 0 Å². The summed E-state index contributed by atoms with van der Waals surface area (Å²) in [4.78, 5) is 28.1. The van der Waals surface area contributed by atoms with E-state index in [1.165, 1.54) is 11.9 Å². The molecular weight excluding hydrogens is 590 g/mol. The Kier molecular flexibility index (Phi) is 10.1. The normalized spacial score (nSPS) is 12.5. The molecule has 0 aromatic heterocycles. The summed E-state index contributed by atoms with van der Waals surface area (Å²) in [5, 5.41) is 2.21. The number of halogens is 5. The molecule has 13 heteroatoms. The van der Waals surface area contributed by atoms with E-state index in [-0.39, 0.29) is 13.0 Å². The highest BCUT2D eigenvalue weighted by atomic mass is 35.5. The summed E-state index contributed by atoms with van der Waals surface area (Å²) < 4.78 is 66.6. The number of carbonyl (C=O) groups excluding carboxylic acids is 2. The van der Waals surface area contributed by atoms with E-state index in [2.05, 4.69) is 5.32 Å². The molecule has 0 heterocycles. The third-order valence-electron chi connectivity index (χ3n) is 6.04. The van der Waals surface area contributed by atoms with E-state index in [0.29, 0.717) is 21.0 Å². The molecule has 1 N–H and O–H groups in total. The van der Waals surface area contributed by atoms with E-state index in [1.54, 1.807) is 54.6 Å². The Morgan fingerprint density at radius 3 is 2.15 bits per heavy atom. The van der Waals surface area contributed by atoms with Crippen molar-refractivity contribution in [2.45, 2.75) is 25.2 Å². The zero-order valence-electron chi connectivity index (χ0n) is 21.5. The van der Waals surface area contributed by atoms with Crippen molar-refractivity contribution < 1.29 is 31.2 Å². The van der Waals surface area contributed by atoms with E-state index >= 15 is 0 Å². The monoisotopic (exact) mass is 615 g/mol. The SMILES string of the molecule is CNC(=O)C(Cc1ccccc1)N(Cc1ccccc1Cl)C(=O)CN(c1ccc(Cl)c(C(F)(F)F)c1)S(C)(=O)=O. The third kappa shape index (κ3) is 7.89. The lowest BCUT2D eigenvalue weighted by Gasteiger charge is -2.33. The number of hydrogen-bond acceptors (Lipinski definition) is 4. The first-order valence-corrected chi connectivity index (χ1v) is 14.5. The highest BCUT2D eigenvalue weighted by Crippen LogP contribution is 2.37. The fourth-order valence-corrected chi connectivity index (χ4v) is 5.29. The van der Waals surface area contributed by atoms with Crippen LogP contribution < -0.4 is 9.62 Å². The van der Waals surface area contributed by atoms with Gasteiger partial charge in [0.1, 0.15) is 12.6 Å². The molecule has 0 radical (unpaired) electrons. The van der Waals surface area contributed by atoms with Gasteiger partial charge in [-0.15, -0.1) is 0 Å². The van der Waals surface area contributed by atoms with Crippen LogP contribution in [0.2, 0.25) is 10.0 Å². The first kappa shape index (κ1) is 31.3. The number of rotatable bonds is 10. The average molecular weight is 616 g/mol. The fraction of sp³-hybridized carbons (Fsp3) is 0.259. The van der Waals surface area contributed by atoms with Crippen LogP contribution in [-0.4, -0.2) is 51.0 Å². The molecular formula is C27H26Cl2F3N3O4S. The maximum absolute atomic E-state index is 13.8. The predicted octanol–water partition coefficient (Wildman–Crippen LogP) is 5.16. The van der Waals surface area contributed by atoms with Crippen LogP contribution in [0.4, 0.5) is 18.9 Å². The van der Waals surface area contributed by atoms with Gasteiger partial charge in [-0.3, -0.25) is 13.9 Å². The first-order chi connectivity index (χ1) is 18.7. The number of anilines is 1. The van der Waals surface area contributed by atoms with Crippen LogP contribution in [0.3, 0.4) is 0 Å². The summed E-state index contributed by atoms with van der Waals surface area (Å²) in [6.45, 7) is -1.06. The van der Waals surface area contributed by atoms with Gasteiger partial charge in [0, 0.05) is 25.0 Å². The second-order valence-electron chi connectivity index (χ2n) is 8.86. The summed E-state index contributed by atoms with van der Waals surface area (Å²) in [6.07, 6.45) is -4.02. The van der Waals surface area contributed by atoms with E-state index < -0.39 is 56.9 Å². The lowest BCUT2D eigenvalue weighted by atomic mass is 10.0. The number of benzene rings is 3. The number of alkyl halides is 3. The van der Waals surface area contributed by atoms with Gasteiger partial charge in [0.2, 0.25) is 21.8 Å². The second kappa shape index (κ2) is 12.9. The molecule has 1 unspecified atom stereocenters. The molecule has 0 spiro atoms. The van der Waals surface area contributed by atoms with Crippen LogP contribution in [0.5, 0.6) is 0 Å². The Morgan fingerprint density at radius 1 is 0.950 bits per heavy atom. The zero-order chi connectivity index (χ0) is 29.7. The number of hydrogen-bond donors (Lipinski definition) is 1. The van der Waals surface area contributed by atoms with E-state index in [9.17, 15) is 31.2 Å². The van der Waals surface area contributed by atoms with Crippen molar-refractivity contribution in [3.63, 3.8) is 0 Å². The maximum atomic E-state index is 13.8. The summed E-state index contributed by atoms with van der Waals surface area (Å²) in [7, 11) is -2.87. The molecule has 214 valence electrons. The second-order valence-corrected chi connectivity index (χ2v) is 11.6. The highest BCUT2D eigenvalue weighted by Gasteiger charge is 2.36. The van der Waals surface area contributed by atoms with Gasteiger partial charge in [0.05, 0.1) is 22.5 Å². The van der Waals surface area contributed by atoms with Gasteiger partial charge >= 0.3 is 6.18 Å². The predicted molar refractivity (Wildman–Crippen MR) is 149 cm³/mol. The number of likely N-dealkylation sites (N-methyl/N-ethyl adjacent to an activating group) is 1. The Balaban J connectivity index is 2.08. The van der Waals surface area contributed by atoms with Crippen molar-refractivity contribution in [1.82, 2.24) is 10.2 Å². The van der Waals surface area contributed by atoms with Crippen molar-refractivity contribution >= 4 is 50.7 Å². The van der Waals surface area contributed by atoms with Crippen LogP contribution in [0.25, 0.3) is 0 Å². The highest BCUT2D eigenvalue weighted by molar-refractivity contribution is 7.92. The molecule has 1 atom stereocenters. The lowest BCUT2D eigenvalue weighted by molar-refractivity contribution is -0.139. The minimum Gasteiger partial charge on any atom is -0.357 e. The van der Waals surface area contributed by atoms with Gasteiger partial charge in [0.15, 0.2) is 0 Å². The number of nitrogens with one attached hydrogen (secondary N) is 1. The van der Waals surface area contributed by atoms with Crippen LogP contribution in [0.15, 0.2) is 72.8 Å². The summed E-state index contributed by atoms with van der Waals surface area (Å²) >= 11 is 12.0. The molecule has 0 aliphatic rings. The van der Waals surface area contributed by atoms with Crippen LogP contribution >= 0.6 is 23.2 Å². The standard InChI is InChI=1S/C27H26Cl2F3N3O4S/c1-33-26(37)24(14-18-8-4-3-5-9-18)34(16-19-10-6-7-11-22(19)28)25(36)17-35(40(2,38)39)20-12-13-23(29)21(15-20)27(30,31)32/h3-13,15,24H,14,16-17H2,1-2H3,(H,33,37). The average Bonchev–Trinajstić information content (AvgIpc) is 2.89. The van der Waals surface area contributed by atoms with Crippen LogP contribution in [0.1, 0.15) is 16.7 Å². The Hall–Kier alpha value is -3.28. The van der Waals surface area contributed by atoms with Gasteiger partial charge in [0.25, 0.3) is 0 Å². The maximum Gasteiger partial charge on any atom is 0.417 e. The molecule has 3 rings (SSSR count). The van der Waals surface area contributed by atoms with Gasteiger partial charge in [-0.25, -0.2) is 8.42 Å². The van der Waals surface area contributed by atoms with Crippen LogP contribution in [0, 0.1) is 0 Å².